The van der Waals surface area contributed by atoms with Crippen molar-refractivity contribution in [1.82, 2.24) is 14.8 Å². The molecule has 0 aliphatic carbocycles. The number of nitrogens with zero attached hydrogens (tertiary/aromatic N) is 2. The molecule has 84 valence electrons. The molecule has 16 heavy (non-hydrogen) atoms. The number of hydrogen-bond acceptors (Lipinski definition) is 3. The summed E-state index contributed by atoms with van der Waals surface area (Å²) in [7, 11) is 0. The smallest absolute Gasteiger partial charge is 0.199 e. The fraction of sp³-hybridized carbons (Fsp3) is 0.111. The number of hydrogen-bond donors (Lipinski definition) is 2. The molecule has 7 heteroatoms. The van der Waals surface area contributed by atoms with Crippen LogP contribution in [0.15, 0.2) is 22.7 Å². The second-order valence-corrected chi connectivity index (χ2v) is 4.28. The molecule has 2 rings (SSSR count). The molecule has 4 nitrogen and oxygen atoms in total. The summed E-state index contributed by atoms with van der Waals surface area (Å²) in [5.74, 6) is -0.0591. The van der Waals surface area contributed by atoms with Crippen molar-refractivity contribution in [2.75, 3.05) is 0 Å². The van der Waals surface area contributed by atoms with Crippen LogP contribution in [0.25, 0.3) is 5.69 Å². The van der Waals surface area contributed by atoms with E-state index < -0.39 is 5.82 Å². The summed E-state index contributed by atoms with van der Waals surface area (Å²) in [4.78, 5) is 0. The van der Waals surface area contributed by atoms with Gasteiger partial charge in [-0.1, -0.05) is 0 Å². The van der Waals surface area contributed by atoms with Gasteiger partial charge in [0.05, 0.1) is 10.2 Å². The lowest BCUT2D eigenvalue weighted by Crippen LogP contribution is -2.01. The Balaban J connectivity index is 2.62. The van der Waals surface area contributed by atoms with Gasteiger partial charge in [-0.15, -0.1) is 0 Å². The predicted molar refractivity (Wildman–Crippen MR) is 62.3 cm³/mol. The number of nitrogens with one attached hydrogen (secondary N) is 1. The molecule has 0 bridgehead atoms. The van der Waals surface area contributed by atoms with E-state index in [4.69, 9.17) is 17.3 Å². The van der Waals surface area contributed by atoms with Gasteiger partial charge in [-0.25, -0.2) is 4.39 Å². The maximum atomic E-state index is 13.4. The highest BCUT2D eigenvalue weighted by atomic mass is 79.9. The second-order valence-electron chi connectivity index (χ2n) is 3.04. The molecule has 0 aliphatic heterocycles. The van der Waals surface area contributed by atoms with E-state index in [2.05, 4.69) is 26.1 Å². The lowest BCUT2D eigenvalue weighted by atomic mass is 10.3. The highest BCUT2D eigenvalue weighted by Gasteiger charge is 2.09. The summed E-state index contributed by atoms with van der Waals surface area (Å²) in [5, 5.41) is 15.4. The Bertz CT molecular complexity index is 580. The van der Waals surface area contributed by atoms with Crippen molar-refractivity contribution in [1.29, 1.82) is 0 Å². The van der Waals surface area contributed by atoms with Crippen LogP contribution in [0.2, 0.25) is 0 Å². The third-order valence-corrected chi connectivity index (χ3v) is 2.96. The first-order valence-corrected chi connectivity index (χ1v) is 5.56. The van der Waals surface area contributed by atoms with Gasteiger partial charge < -0.3 is 5.11 Å². The molecule has 2 N–H and O–H groups in total. The average Bonchev–Trinajstić information content (AvgIpc) is 2.64. The number of H-pyrrole nitrogens is 1. The van der Waals surface area contributed by atoms with Crippen LogP contribution < -0.4 is 0 Å². The first kappa shape index (κ1) is 11.4. The summed E-state index contributed by atoms with van der Waals surface area (Å²) in [6.45, 7) is -0.273. The first-order chi connectivity index (χ1) is 7.63. The van der Waals surface area contributed by atoms with Crippen LogP contribution >= 0.6 is 28.1 Å². The monoisotopic (exact) mass is 303 g/mol. The predicted octanol–water partition coefficient (Wildman–Crippen LogP) is 2.32. The van der Waals surface area contributed by atoms with Gasteiger partial charge in [0.25, 0.3) is 0 Å². The van der Waals surface area contributed by atoms with E-state index in [1.807, 2.05) is 0 Å². The molecule has 0 amide bonds. The van der Waals surface area contributed by atoms with Crippen LogP contribution in [0.5, 0.6) is 0 Å². The van der Waals surface area contributed by atoms with Crippen molar-refractivity contribution >= 4 is 28.1 Å². The van der Waals surface area contributed by atoms with Gasteiger partial charge in [-0.3, -0.25) is 9.67 Å². The van der Waals surface area contributed by atoms with Gasteiger partial charge in [0.15, 0.2) is 10.6 Å². The maximum Gasteiger partial charge on any atom is 0.199 e. The zero-order valence-corrected chi connectivity index (χ0v) is 10.3. The van der Waals surface area contributed by atoms with Gasteiger partial charge in [0, 0.05) is 0 Å². The first-order valence-electron chi connectivity index (χ1n) is 4.36. The van der Waals surface area contributed by atoms with Gasteiger partial charge in [-0.05, 0) is 46.3 Å². The zero-order valence-electron chi connectivity index (χ0n) is 7.94. The lowest BCUT2D eigenvalue weighted by molar-refractivity contribution is 0.268. The van der Waals surface area contributed by atoms with Crippen LogP contribution in [0.3, 0.4) is 0 Å². The fourth-order valence-electron chi connectivity index (χ4n) is 1.33. The summed E-state index contributed by atoms with van der Waals surface area (Å²) < 4.78 is 15.5. The minimum absolute atomic E-state index is 0.273. The topological polar surface area (TPSA) is 53.8 Å². The molecule has 2 aromatic rings. The summed E-state index contributed by atoms with van der Waals surface area (Å²) in [6.07, 6.45) is 0. The number of aliphatic hydroxyl groups excluding tert-OH is 1. The third-order valence-electron chi connectivity index (χ3n) is 2.04. The largest absolute Gasteiger partial charge is 0.388 e. The molecule has 0 spiro atoms. The second kappa shape index (κ2) is 4.44. The van der Waals surface area contributed by atoms with Crippen molar-refractivity contribution in [3.63, 3.8) is 0 Å². The molecule has 0 saturated carbocycles. The van der Waals surface area contributed by atoms with E-state index in [9.17, 15) is 4.39 Å². The Morgan fingerprint density at radius 2 is 2.31 bits per heavy atom. The van der Waals surface area contributed by atoms with E-state index in [1.54, 1.807) is 12.1 Å². The van der Waals surface area contributed by atoms with E-state index in [0.29, 0.717) is 20.8 Å². The number of aromatic amines is 1. The Hall–Kier alpha value is -1.05. The summed E-state index contributed by atoms with van der Waals surface area (Å²) >= 11 is 8.06. The molecule has 1 aromatic heterocycles. The molecule has 1 heterocycles. The molecule has 0 atom stereocenters. The molecule has 1 aromatic carbocycles. The quantitative estimate of drug-likeness (QED) is 0.837. The molecule has 0 radical (unpaired) electrons. The normalized spacial score (nSPS) is 10.7. The zero-order chi connectivity index (χ0) is 11.7. The van der Waals surface area contributed by atoms with E-state index in [1.165, 1.54) is 10.6 Å². The molecule has 0 aliphatic rings. The number of benzene rings is 1. The van der Waals surface area contributed by atoms with Gasteiger partial charge in [-0.2, -0.15) is 5.10 Å². The standard InChI is InChI=1S/C9H7BrFN3OS/c10-6-2-1-5(3-7(6)11)14-8(4-15)12-13-9(14)16/h1-3,15H,4H2,(H,13,16). The van der Waals surface area contributed by atoms with E-state index in [0.717, 1.165) is 0 Å². The van der Waals surface area contributed by atoms with Crippen molar-refractivity contribution in [2.45, 2.75) is 6.61 Å². The number of halogens is 2. The minimum atomic E-state index is -0.399. The molecular weight excluding hydrogens is 297 g/mol. The van der Waals surface area contributed by atoms with Gasteiger partial charge in [0.2, 0.25) is 0 Å². The maximum absolute atomic E-state index is 13.4. The molecule has 0 unspecified atom stereocenters. The Labute approximate surface area is 104 Å². The van der Waals surface area contributed by atoms with Crippen LogP contribution in [-0.2, 0) is 6.61 Å². The van der Waals surface area contributed by atoms with Crippen molar-refractivity contribution in [3.8, 4) is 5.69 Å². The molecule has 0 fully saturated rings. The minimum Gasteiger partial charge on any atom is -0.388 e. The number of rotatable bonds is 2. The van der Waals surface area contributed by atoms with E-state index >= 15 is 0 Å². The van der Waals surface area contributed by atoms with Gasteiger partial charge in [0.1, 0.15) is 12.4 Å². The average molecular weight is 304 g/mol. The Kier molecular flexibility index (Phi) is 3.17. The summed E-state index contributed by atoms with van der Waals surface area (Å²) in [6, 6.07) is 4.56. The van der Waals surface area contributed by atoms with Crippen molar-refractivity contribution < 1.29 is 9.50 Å². The lowest BCUT2D eigenvalue weighted by Gasteiger charge is -2.05. The number of aromatic nitrogens is 3. The van der Waals surface area contributed by atoms with Crippen LogP contribution in [0.4, 0.5) is 4.39 Å². The Morgan fingerprint density at radius 1 is 1.56 bits per heavy atom. The molecule has 0 saturated heterocycles. The summed E-state index contributed by atoms with van der Waals surface area (Å²) in [5.41, 5.74) is 0.517. The fourth-order valence-corrected chi connectivity index (χ4v) is 1.83. The van der Waals surface area contributed by atoms with Crippen LogP contribution in [0, 0.1) is 10.6 Å². The number of aliphatic hydroxyl groups is 1. The van der Waals surface area contributed by atoms with Crippen molar-refractivity contribution in [2.24, 2.45) is 0 Å². The molecular formula is C9H7BrFN3OS. The highest BCUT2D eigenvalue weighted by Crippen LogP contribution is 2.19. The highest BCUT2D eigenvalue weighted by molar-refractivity contribution is 9.10. The van der Waals surface area contributed by atoms with Crippen molar-refractivity contribution in [3.05, 3.63) is 39.1 Å². The van der Waals surface area contributed by atoms with Crippen LogP contribution in [-0.4, -0.2) is 19.9 Å². The SMILES string of the molecule is OCc1n[nH]c(=S)n1-c1ccc(Br)c(F)c1. The third kappa shape index (κ3) is 1.93. The van der Waals surface area contributed by atoms with E-state index in [-0.39, 0.29) is 6.61 Å². The van der Waals surface area contributed by atoms with Crippen LogP contribution in [0.1, 0.15) is 5.82 Å². The van der Waals surface area contributed by atoms with Gasteiger partial charge >= 0.3 is 0 Å². The Morgan fingerprint density at radius 3 is 2.94 bits per heavy atom.